The Morgan fingerprint density at radius 1 is 0.889 bits per heavy atom. The van der Waals surface area contributed by atoms with Crippen molar-refractivity contribution in [3.63, 3.8) is 0 Å². The van der Waals surface area contributed by atoms with E-state index in [1.54, 1.807) is 0 Å². The van der Waals surface area contributed by atoms with E-state index in [2.05, 4.69) is 75.9 Å². The van der Waals surface area contributed by atoms with Gasteiger partial charge in [0.2, 0.25) is 0 Å². The van der Waals surface area contributed by atoms with Gasteiger partial charge in [0.05, 0.1) is 18.9 Å². The number of rotatable bonds is 5. The third-order valence-electron chi connectivity index (χ3n) is 4.75. The van der Waals surface area contributed by atoms with Crippen molar-refractivity contribution in [1.29, 1.82) is 0 Å². The molecule has 0 bridgehead atoms. The SMILES string of the molecule is Cc1ccc(-c2ccc(Nc3ccc(CN4CCOCC4)cc3)nn2)cc1. The molecule has 0 unspecified atom stereocenters. The maximum Gasteiger partial charge on any atom is 0.153 e. The fraction of sp³-hybridized carbons (Fsp3) is 0.273. The molecule has 1 fully saturated rings. The molecule has 0 spiro atoms. The molecule has 0 radical (unpaired) electrons. The van der Waals surface area contributed by atoms with Crippen LogP contribution in [0.3, 0.4) is 0 Å². The molecule has 2 heterocycles. The number of ether oxygens (including phenoxy) is 1. The van der Waals surface area contributed by atoms with Crippen LogP contribution in [-0.4, -0.2) is 41.4 Å². The van der Waals surface area contributed by atoms with E-state index in [0.29, 0.717) is 0 Å². The number of anilines is 2. The summed E-state index contributed by atoms with van der Waals surface area (Å²) in [4.78, 5) is 2.42. The van der Waals surface area contributed by atoms with Gasteiger partial charge in [-0.3, -0.25) is 4.90 Å². The van der Waals surface area contributed by atoms with Gasteiger partial charge in [0.15, 0.2) is 5.82 Å². The molecule has 0 aliphatic carbocycles. The van der Waals surface area contributed by atoms with Crippen LogP contribution in [0.25, 0.3) is 11.3 Å². The van der Waals surface area contributed by atoms with Crippen LogP contribution in [0.5, 0.6) is 0 Å². The van der Waals surface area contributed by atoms with Gasteiger partial charge in [-0.1, -0.05) is 42.0 Å². The molecule has 0 atom stereocenters. The fourth-order valence-corrected chi connectivity index (χ4v) is 3.14. The first-order chi connectivity index (χ1) is 13.3. The highest BCUT2D eigenvalue weighted by atomic mass is 16.5. The van der Waals surface area contributed by atoms with E-state index in [9.17, 15) is 0 Å². The van der Waals surface area contributed by atoms with E-state index >= 15 is 0 Å². The summed E-state index contributed by atoms with van der Waals surface area (Å²) in [5.74, 6) is 0.742. The van der Waals surface area contributed by atoms with Gasteiger partial charge >= 0.3 is 0 Å². The van der Waals surface area contributed by atoms with Crippen LogP contribution in [0.1, 0.15) is 11.1 Å². The average Bonchev–Trinajstić information content (AvgIpc) is 2.72. The van der Waals surface area contributed by atoms with Crippen molar-refractivity contribution >= 4 is 11.5 Å². The van der Waals surface area contributed by atoms with Crippen LogP contribution in [0.15, 0.2) is 60.7 Å². The summed E-state index contributed by atoms with van der Waals surface area (Å²) in [6.45, 7) is 6.71. The number of hydrogen-bond donors (Lipinski definition) is 1. The molecule has 1 N–H and O–H groups in total. The summed E-state index contributed by atoms with van der Waals surface area (Å²) in [6.07, 6.45) is 0. The lowest BCUT2D eigenvalue weighted by atomic mass is 10.1. The summed E-state index contributed by atoms with van der Waals surface area (Å²) in [7, 11) is 0. The van der Waals surface area contributed by atoms with Crippen LogP contribution in [-0.2, 0) is 11.3 Å². The maximum atomic E-state index is 5.40. The first-order valence-electron chi connectivity index (χ1n) is 9.33. The Morgan fingerprint density at radius 3 is 2.30 bits per heavy atom. The zero-order chi connectivity index (χ0) is 18.5. The standard InChI is InChI=1S/C22H24N4O/c1-17-2-6-19(7-3-17)21-10-11-22(25-24-21)23-20-8-4-18(5-9-20)16-26-12-14-27-15-13-26/h2-11H,12-16H2,1H3,(H,23,25). The van der Waals surface area contributed by atoms with E-state index in [-0.39, 0.29) is 0 Å². The number of nitrogens with one attached hydrogen (secondary N) is 1. The number of nitrogens with zero attached hydrogens (tertiary/aromatic N) is 3. The summed E-state index contributed by atoms with van der Waals surface area (Å²) in [5, 5.41) is 12.0. The van der Waals surface area contributed by atoms with Crippen molar-refractivity contribution in [3.8, 4) is 11.3 Å². The smallest absolute Gasteiger partial charge is 0.153 e. The minimum atomic E-state index is 0.742. The third-order valence-corrected chi connectivity index (χ3v) is 4.75. The highest BCUT2D eigenvalue weighted by Gasteiger charge is 2.10. The quantitative estimate of drug-likeness (QED) is 0.744. The molecular formula is C22H24N4O. The van der Waals surface area contributed by atoms with Crippen LogP contribution in [0, 0.1) is 6.92 Å². The Morgan fingerprint density at radius 2 is 1.63 bits per heavy atom. The number of hydrogen-bond acceptors (Lipinski definition) is 5. The van der Waals surface area contributed by atoms with Gasteiger partial charge in [0.25, 0.3) is 0 Å². The van der Waals surface area contributed by atoms with E-state index in [4.69, 9.17) is 4.74 Å². The van der Waals surface area contributed by atoms with Gasteiger partial charge in [-0.2, -0.15) is 0 Å². The molecule has 4 rings (SSSR count). The second-order valence-electron chi connectivity index (χ2n) is 6.88. The van der Waals surface area contributed by atoms with Crippen molar-refractivity contribution in [3.05, 3.63) is 71.8 Å². The van der Waals surface area contributed by atoms with Gasteiger partial charge < -0.3 is 10.1 Å². The zero-order valence-electron chi connectivity index (χ0n) is 15.6. The number of benzene rings is 2. The molecule has 138 valence electrons. The molecular weight excluding hydrogens is 336 g/mol. The largest absolute Gasteiger partial charge is 0.379 e. The normalized spacial score (nSPS) is 14.9. The lowest BCUT2D eigenvalue weighted by Crippen LogP contribution is -2.35. The van der Waals surface area contributed by atoms with Crippen molar-refractivity contribution in [2.75, 3.05) is 31.6 Å². The molecule has 1 aliphatic rings. The summed E-state index contributed by atoms with van der Waals surface area (Å²) in [5.41, 5.74) is 5.51. The lowest BCUT2D eigenvalue weighted by molar-refractivity contribution is 0.0342. The van der Waals surface area contributed by atoms with Gasteiger partial charge in [0.1, 0.15) is 0 Å². The van der Waals surface area contributed by atoms with Gasteiger partial charge in [0, 0.05) is 30.9 Å². The predicted molar refractivity (Wildman–Crippen MR) is 108 cm³/mol. The molecule has 2 aromatic carbocycles. The van der Waals surface area contributed by atoms with Crippen molar-refractivity contribution in [1.82, 2.24) is 15.1 Å². The number of morpholine rings is 1. The Hall–Kier alpha value is -2.76. The molecule has 1 aromatic heterocycles. The van der Waals surface area contributed by atoms with E-state index in [1.165, 1.54) is 11.1 Å². The Balaban J connectivity index is 1.37. The Kier molecular flexibility index (Phi) is 5.42. The molecule has 1 saturated heterocycles. The summed E-state index contributed by atoms with van der Waals surface area (Å²) >= 11 is 0. The molecule has 0 amide bonds. The second-order valence-corrected chi connectivity index (χ2v) is 6.88. The average molecular weight is 360 g/mol. The van der Waals surface area contributed by atoms with Gasteiger partial charge in [-0.05, 0) is 36.8 Å². The van der Waals surface area contributed by atoms with Crippen molar-refractivity contribution < 1.29 is 4.74 Å². The first kappa shape index (κ1) is 17.6. The van der Waals surface area contributed by atoms with Crippen molar-refractivity contribution in [2.45, 2.75) is 13.5 Å². The van der Waals surface area contributed by atoms with E-state index in [0.717, 1.165) is 55.6 Å². The number of aryl methyl sites for hydroxylation is 1. The van der Waals surface area contributed by atoms with Gasteiger partial charge in [-0.25, -0.2) is 0 Å². The van der Waals surface area contributed by atoms with Crippen LogP contribution >= 0.6 is 0 Å². The first-order valence-corrected chi connectivity index (χ1v) is 9.33. The Bertz CT molecular complexity index is 854. The van der Waals surface area contributed by atoms with E-state index in [1.807, 2.05) is 12.1 Å². The Labute approximate surface area is 160 Å². The highest BCUT2D eigenvalue weighted by Crippen LogP contribution is 2.20. The third kappa shape index (κ3) is 4.70. The highest BCUT2D eigenvalue weighted by molar-refractivity contribution is 5.62. The molecule has 3 aromatic rings. The fourth-order valence-electron chi connectivity index (χ4n) is 3.14. The second kappa shape index (κ2) is 8.29. The molecule has 0 saturated carbocycles. The monoisotopic (exact) mass is 360 g/mol. The van der Waals surface area contributed by atoms with E-state index < -0.39 is 0 Å². The molecule has 5 nitrogen and oxygen atoms in total. The minimum Gasteiger partial charge on any atom is -0.379 e. The summed E-state index contributed by atoms with van der Waals surface area (Å²) in [6, 6.07) is 20.8. The lowest BCUT2D eigenvalue weighted by Gasteiger charge is -2.26. The van der Waals surface area contributed by atoms with Gasteiger partial charge in [-0.15, -0.1) is 10.2 Å². The maximum absolute atomic E-state index is 5.40. The predicted octanol–water partition coefficient (Wildman–Crippen LogP) is 4.03. The number of aromatic nitrogens is 2. The van der Waals surface area contributed by atoms with Crippen LogP contribution < -0.4 is 5.32 Å². The zero-order valence-corrected chi connectivity index (χ0v) is 15.6. The molecule has 27 heavy (non-hydrogen) atoms. The summed E-state index contributed by atoms with van der Waals surface area (Å²) < 4.78 is 5.40. The molecule has 5 heteroatoms. The minimum absolute atomic E-state index is 0.742. The van der Waals surface area contributed by atoms with Crippen LogP contribution in [0.2, 0.25) is 0 Å². The van der Waals surface area contributed by atoms with Crippen LogP contribution in [0.4, 0.5) is 11.5 Å². The topological polar surface area (TPSA) is 50.3 Å². The molecule has 1 aliphatic heterocycles. The van der Waals surface area contributed by atoms with Crippen molar-refractivity contribution in [2.24, 2.45) is 0 Å².